The maximum absolute atomic E-state index is 13.9. The molecule has 3 rings (SSSR count). The van der Waals surface area contributed by atoms with E-state index in [1.54, 1.807) is 6.07 Å². The van der Waals surface area contributed by atoms with Gasteiger partial charge in [-0.2, -0.15) is 0 Å². The molecule has 1 saturated carbocycles. The second kappa shape index (κ2) is 4.81. The molecule has 1 atom stereocenters. The topological polar surface area (TPSA) is 23.5 Å². The summed E-state index contributed by atoms with van der Waals surface area (Å²) < 4.78 is 13.9. The van der Waals surface area contributed by atoms with Crippen LogP contribution in [0, 0.1) is 5.82 Å². The fourth-order valence-corrected chi connectivity index (χ4v) is 4.34. The highest BCUT2D eigenvalue weighted by atomic mass is 19.1. The van der Waals surface area contributed by atoms with Gasteiger partial charge in [-0.25, -0.2) is 4.39 Å². The van der Waals surface area contributed by atoms with Gasteiger partial charge in [0.05, 0.1) is 5.60 Å². The molecule has 0 amide bonds. The lowest BCUT2D eigenvalue weighted by atomic mass is 9.52. The molecule has 1 fully saturated rings. The molecule has 0 saturated heterocycles. The van der Waals surface area contributed by atoms with E-state index in [1.165, 1.54) is 12.5 Å². The second-order valence-electron chi connectivity index (χ2n) is 6.85. The Morgan fingerprint density at radius 3 is 2.55 bits per heavy atom. The van der Waals surface area contributed by atoms with Crippen molar-refractivity contribution in [1.82, 2.24) is 4.90 Å². The Bertz CT molecular complexity index is 508. The zero-order valence-corrected chi connectivity index (χ0v) is 12.5. The molecule has 0 heterocycles. The van der Waals surface area contributed by atoms with Gasteiger partial charge in [-0.15, -0.1) is 0 Å². The van der Waals surface area contributed by atoms with Crippen LogP contribution in [0.25, 0.3) is 0 Å². The van der Waals surface area contributed by atoms with Crippen molar-refractivity contribution < 1.29 is 9.50 Å². The van der Waals surface area contributed by atoms with Gasteiger partial charge in [-0.1, -0.05) is 31.4 Å². The van der Waals surface area contributed by atoms with E-state index in [1.807, 2.05) is 20.2 Å². The molecule has 110 valence electrons. The molecule has 0 radical (unpaired) electrons. The molecule has 1 aromatic rings. The van der Waals surface area contributed by atoms with E-state index in [2.05, 4.69) is 4.90 Å². The summed E-state index contributed by atoms with van der Waals surface area (Å²) in [6, 6.07) is 5.32. The molecule has 0 bridgehead atoms. The van der Waals surface area contributed by atoms with Crippen LogP contribution >= 0.6 is 0 Å². The van der Waals surface area contributed by atoms with Crippen molar-refractivity contribution in [3.8, 4) is 0 Å². The van der Waals surface area contributed by atoms with Crippen LogP contribution in [0.15, 0.2) is 18.2 Å². The molecule has 0 spiro atoms. The highest BCUT2D eigenvalue weighted by Crippen LogP contribution is 2.54. The van der Waals surface area contributed by atoms with Gasteiger partial charge < -0.3 is 10.0 Å². The lowest BCUT2D eigenvalue weighted by Crippen LogP contribution is -2.63. The number of rotatable bonds is 3. The van der Waals surface area contributed by atoms with Gasteiger partial charge in [0.2, 0.25) is 0 Å². The van der Waals surface area contributed by atoms with E-state index >= 15 is 0 Å². The quantitative estimate of drug-likeness (QED) is 0.918. The molecule has 20 heavy (non-hydrogen) atoms. The summed E-state index contributed by atoms with van der Waals surface area (Å²) in [6.45, 7) is 0.792. The van der Waals surface area contributed by atoms with Crippen LogP contribution in [0.1, 0.15) is 43.2 Å². The Labute approximate surface area is 120 Å². The highest BCUT2D eigenvalue weighted by Gasteiger charge is 2.57. The third-order valence-electron chi connectivity index (χ3n) is 5.27. The van der Waals surface area contributed by atoms with Crippen molar-refractivity contribution in [2.45, 2.75) is 49.5 Å². The fourth-order valence-electron chi connectivity index (χ4n) is 4.34. The van der Waals surface area contributed by atoms with Gasteiger partial charge in [-0.3, -0.25) is 0 Å². The van der Waals surface area contributed by atoms with Gasteiger partial charge in [-0.05, 0) is 50.6 Å². The Hall–Kier alpha value is -0.930. The molecule has 1 N–H and O–H groups in total. The van der Waals surface area contributed by atoms with Crippen molar-refractivity contribution in [2.75, 3.05) is 20.6 Å². The predicted molar refractivity (Wildman–Crippen MR) is 78.4 cm³/mol. The molecule has 0 aromatic heterocycles. The minimum Gasteiger partial charge on any atom is -0.389 e. The molecule has 1 unspecified atom stereocenters. The maximum Gasteiger partial charge on any atom is 0.126 e. The number of nitrogens with zero attached hydrogens (tertiary/aromatic N) is 1. The van der Waals surface area contributed by atoms with Crippen molar-refractivity contribution in [2.24, 2.45) is 0 Å². The Morgan fingerprint density at radius 1 is 1.20 bits per heavy atom. The zero-order chi connectivity index (χ0) is 14.4. The van der Waals surface area contributed by atoms with Crippen LogP contribution in [-0.4, -0.2) is 36.2 Å². The van der Waals surface area contributed by atoms with Crippen LogP contribution in [-0.2, 0) is 11.8 Å². The van der Waals surface area contributed by atoms with E-state index in [9.17, 15) is 9.50 Å². The van der Waals surface area contributed by atoms with Crippen LogP contribution in [0.5, 0.6) is 0 Å². The number of hydrogen-bond acceptors (Lipinski definition) is 2. The summed E-state index contributed by atoms with van der Waals surface area (Å²) in [4.78, 5) is 2.13. The van der Waals surface area contributed by atoms with Gasteiger partial charge in [0.15, 0.2) is 0 Å². The van der Waals surface area contributed by atoms with E-state index in [4.69, 9.17) is 0 Å². The van der Waals surface area contributed by atoms with Crippen LogP contribution in [0.3, 0.4) is 0 Å². The van der Waals surface area contributed by atoms with E-state index in [-0.39, 0.29) is 11.2 Å². The van der Waals surface area contributed by atoms with E-state index in [0.717, 1.165) is 43.4 Å². The molecular weight excluding hydrogens is 253 g/mol. The number of halogens is 1. The van der Waals surface area contributed by atoms with Crippen molar-refractivity contribution >= 4 is 0 Å². The first-order chi connectivity index (χ1) is 9.48. The van der Waals surface area contributed by atoms with E-state index < -0.39 is 5.60 Å². The molecule has 3 heteroatoms. The minimum atomic E-state index is -0.670. The third-order valence-corrected chi connectivity index (χ3v) is 5.27. The lowest BCUT2D eigenvalue weighted by Gasteiger charge is -2.57. The molecule has 2 aliphatic carbocycles. The normalized spacial score (nSPS) is 28.1. The highest BCUT2D eigenvalue weighted by molar-refractivity contribution is 5.49. The first-order valence-electron chi connectivity index (χ1n) is 7.64. The van der Waals surface area contributed by atoms with Gasteiger partial charge in [0.25, 0.3) is 0 Å². The average Bonchev–Trinajstić information content (AvgIpc) is 2.38. The summed E-state index contributed by atoms with van der Waals surface area (Å²) in [5.74, 6) is -0.115. The molecule has 0 aliphatic heterocycles. The Balaban J connectivity index is 2.04. The third kappa shape index (κ3) is 1.91. The average molecular weight is 277 g/mol. The first-order valence-corrected chi connectivity index (χ1v) is 7.64. The number of hydrogen-bond donors (Lipinski definition) is 1. The molecular formula is C17H24FNO. The van der Waals surface area contributed by atoms with Crippen LogP contribution < -0.4 is 0 Å². The summed E-state index contributed by atoms with van der Waals surface area (Å²) >= 11 is 0. The number of likely N-dealkylation sites (N-methyl/N-ethyl adjacent to an activating group) is 1. The van der Waals surface area contributed by atoms with Crippen molar-refractivity contribution in [1.29, 1.82) is 0 Å². The standard InChI is InChI=1S/C17H24FNO/c1-19(2)12-16(17(20)9-4-3-5-10-17)11-13-14(16)7-6-8-15(13)18/h6-8,20H,3-5,9-12H2,1-2H3. The number of benzene rings is 1. The fraction of sp³-hybridized carbons (Fsp3) is 0.647. The second-order valence-corrected chi connectivity index (χ2v) is 6.85. The van der Waals surface area contributed by atoms with Crippen molar-refractivity contribution in [3.05, 3.63) is 35.1 Å². The Morgan fingerprint density at radius 2 is 1.90 bits per heavy atom. The summed E-state index contributed by atoms with van der Waals surface area (Å²) in [7, 11) is 4.07. The zero-order valence-electron chi connectivity index (χ0n) is 12.5. The smallest absolute Gasteiger partial charge is 0.126 e. The van der Waals surface area contributed by atoms with E-state index in [0.29, 0.717) is 6.42 Å². The molecule has 1 aromatic carbocycles. The SMILES string of the molecule is CN(C)CC1(C2(O)CCCCC2)Cc2c(F)cccc21. The Kier molecular flexibility index (Phi) is 3.38. The lowest BCUT2D eigenvalue weighted by molar-refractivity contribution is -0.0875. The van der Waals surface area contributed by atoms with Gasteiger partial charge in [0, 0.05) is 12.0 Å². The van der Waals surface area contributed by atoms with Gasteiger partial charge in [0.1, 0.15) is 5.82 Å². The minimum absolute atomic E-state index is 0.115. The summed E-state index contributed by atoms with van der Waals surface area (Å²) in [5.41, 5.74) is 0.897. The number of fused-ring (bicyclic) bond motifs is 1. The molecule has 2 aliphatic rings. The maximum atomic E-state index is 13.9. The largest absolute Gasteiger partial charge is 0.389 e. The first kappa shape index (κ1) is 14.0. The summed E-state index contributed by atoms with van der Waals surface area (Å²) in [5, 5.41) is 11.3. The van der Waals surface area contributed by atoms with Crippen LogP contribution in [0.4, 0.5) is 4.39 Å². The predicted octanol–water partition coefficient (Wildman–Crippen LogP) is 2.88. The molecule has 2 nitrogen and oxygen atoms in total. The summed E-state index contributed by atoms with van der Waals surface area (Å²) in [6.07, 6.45) is 5.72. The van der Waals surface area contributed by atoms with Gasteiger partial charge >= 0.3 is 0 Å². The monoisotopic (exact) mass is 277 g/mol. The number of aliphatic hydroxyl groups is 1. The van der Waals surface area contributed by atoms with Crippen molar-refractivity contribution in [3.63, 3.8) is 0 Å². The van der Waals surface area contributed by atoms with Crippen LogP contribution in [0.2, 0.25) is 0 Å².